The van der Waals surface area contributed by atoms with Crippen LogP contribution in [0.5, 0.6) is 0 Å². The lowest BCUT2D eigenvalue weighted by Crippen LogP contribution is -1.82. The molecule has 0 fully saturated rings. The lowest BCUT2D eigenvalue weighted by Gasteiger charge is -1.91. The van der Waals surface area contributed by atoms with Crippen molar-refractivity contribution in [3.05, 3.63) is 33.9 Å². The second kappa shape index (κ2) is 4.51. The van der Waals surface area contributed by atoms with Gasteiger partial charge in [0.05, 0.1) is 15.6 Å². The van der Waals surface area contributed by atoms with Crippen molar-refractivity contribution in [2.75, 3.05) is 5.73 Å². The molecule has 0 saturated heterocycles. The monoisotopic (exact) mass is 296 g/mol. The van der Waals surface area contributed by atoms with E-state index < -0.39 is 5.82 Å². The Morgan fingerprint density at radius 3 is 2.89 bits per heavy atom. The molecule has 3 nitrogen and oxygen atoms in total. The van der Waals surface area contributed by atoms with E-state index in [2.05, 4.69) is 4.98 Å². The molecule has 0 aliphatic rings. The summed E-state index contributed by atoms with van der Waals surface area (Å²) in [5.41, 5.74) is 7.45. The van der Waals surface area contributed by atoms with Gasteiger partial charge in [-0.3, -0.25) is 0 Å². The molecular formula is C13H10ClFN2OS. The maximum Gasteiger partial charge on any atom is 0.230 e. The maximum atomic E-state index is 13.3. The Bertz CT molecular complexity index is 765. The molecule has 1 aromatic carbocycles. The number of fused-ring (bicyclic) bond motifs is 1. The number of hydrogen-bond acceptors (Lipinski definition) is 4. The SMILES string of the molecule is CCc1cc(-c2nc3cc(F)cc(Cl)c3o2)c(N)s1. The standard InChI is InChI=1S/C13H10ClFN2OS/c1-2-7-5-8(12(16)19-7)13-17-10-4-6(15)3-9(14)11(10)18-13/h3-5H,2,16H2,1H3. The number of aryl methyl sites for hydroxylation is 1. The molecule has 0 radical (unpaired) electrons. The number of thiophene rings is 1. The van der Waals surface area contributed by atoms with Gasteiger partial charge in [-0.05, 0) is 18.6 Å². The first-order chi connectivity index (χ1) is 9.08. The van der Waals surface area contributed by atoms with E-state index >= 15 is 0 Å². The highest BCUT2D eigenvalue weighted by molar-refractivity contribution is 7.16. The summed E-state index contributed by atoms with van der Waals surface area (Å²) in [6.45, 7) is 2.05. The molecule has 0 atom stereocenters. The number of rotatable bonds is 2. The molecule has 6 heteroatoms. The van der Waals surface area contributed by atoms with Gasteiger partial charge in [0, 0.05) is 10.9 Å². The molecule has 19 heavy (non-hydrogen) atoms. The van der Waals surface area contributed by atoms with Gasteiger partial charge in [-0.1, -0.05) is 18.5 Å². The van der Waals surface area contributed by atoms with E-state index in [0.29, 0.717) is 22.0 Å². The van der Waals surface area contributed by atoms with Crippen LogP contribution in [0.1, 0.15) is 11.8 Å². The summed E-state index contributed by atoms with van der Waals surface area (Å²) in [5, 5.41) is 0.846. The molecular weight excluding hydrogens is 287 g/mol. The number of anilines is 1. The van der Waals surface area contributed by atoms with E-state index in [0.717, 1.165) is 16.9 Å². The molecule has 3 rings (SSSR count). The number of halogens is 2. The molecule has 0 aliphatic heterocycles. The van der Waals surface area contributed by atoms with Crippen molar-refractivity contribution >= 4 is 39.0 Å². The highest BCUT2D eigenvalue weighted by Crippen LogP contribution is 2.36. The number of benzene rings is 1. The second-order valence-corrected chi connectivity index (χ2v) is 5.67. The van der Waals surface area contributed by atoms with Gasteiger partial charge in [0.15, 0.2) is 5.58 Å². The number of nitrogens with zero attached hydrogens (tertiary/aromatic N) is 1. The predicted octanol–water partition coefficient (Wildman–Crippen LogP) is 4.49. The summed E-state index contributed by atoms with van der Waals surface area (Å²) in [5.74, 6) is -0.0687. The van der Waals surface area contributed by atoms with Crippen molar-refractivity contribution in [3.8, 4) is 11.5 Å². The lowest BCUT2D eigenvalue weighted by atomic mass is 10.2. The second-order valence-electron chi connectivity index (χ2n) is 4.10. The number of oxazole rings is 1. The quantitative estimate of drug-likeness (QED) is 0.758. The van der Waals surface area contributed by atoms with Crippen molar-refractivity contribution in [3.63, 3.8) is 0 Å². The molecule has 3 aromatic rings. The zero-order chi connectivity index (χ0) is 13.6. The van der Waals surface area contributed by atoms with E-state index in [1.54, 1.807) is 0 Å². The van der Waals surface area contributed by atoms with Crippen LogP contribution < -0.4 is 5.73 Å². The molecule has 98 valence electrons. The largest absolute Gasteiger partial charge is 0.434 e. The third-order valence-corrected chi connectivity index (χ3v) is 4.19. The molecule has 0 spiro atoms. The first-order valence-electron chi connectivity index (χ1n) is 5.72. The molecule has 2 aromatic heterocycles. The Kier molecular flexibility index (Phi) is 2.95. The normalized spacial score (nSPS) is 11.3. The molecule has 0 saturated carbocycles. The average Bonchev–Trinajstić information content (AvgIpc) is 2.92. The summed E-state index contributed by atoms with van der Waals surface area (Å²) in [6.07, 6.45) is 0.893. The van der Waals surface area contributed by atoms with Crippen LogP contribution in [0, 0.1) is 5.82 Å². The van der Waals surface area contributed by atoms with E-state index in [-0.39, 0.29) is 5.02 Å². The van der Waals surface area contributed by atoms with Crippen LogP contribution in [0.15, 0.2) is 22.6 Å². The molecule has 0 aliphatic carbocycles. The summed E-state index contributed by atoms with van der Waals surface area (Å²) in [7, 11) is 0. The van der Waals surface area contributed by atoms with E-state index in [4.69, 9.17) is 21.8 Å². The maximum absolute atomic E-state index is 13.3. The fraction of sp³-hybridized carbons (Fsp3) is 0.154. The van der Waals surface area contributed by atoms with Crippen molar-refractivity contribution in [1.82, 2.24) is 4.98 Å². The van der Waals surface area contributed by atoms with Crippen molar-refractivity contribution in [2.24, 2.45) is 0 Å². The van der Waals surface area contributed by atoms with Gasteiger partial charge in [0.25, 0.3) is 0 Å². The van der Waals surface area contributed by atoms with Crippen molar-refractivity contribution < 1.29 is 8.81 Å². The van der Waals surface area contributed by atoms with Crippen LogP contribution in [0.4, 0.5) is 9.39 Å². The topological polar surface area (TPSA) is 52.0 Å². The Morgan fingerprint density at radius 1 is 1.42 bits per heavy atom. The number of hydrogen-bond donors (Lipinski definition) is 1. The molecule has 0 bridgehead atoms. The Hall–Kier alpha value is -1.59. The van der Waals surface area contributed by atoms with Crippen LogP contribution in [0.2, 0.25) is 5.02 Å². The minimum Gasteiger partial charge on any atom is -0.434 e. The highest BCUT2D eigenvalue weighted by Gasteiger charge is 2.16. The first kappa shape index (κ1) is 12.4. The summed E-state index contributed by atoms with van der Waals surface area (Å²) < 4.78 is 18.9. The summed E-state index contributed by atoms with van der Waals surface area (Å²) in [4.78, 5) is 5.39. The average molecular weight is 297 g/mol. The Labute approximate surface area is 117 Å². The Morgan fingerprint density at radius 2 is 2.21 bits per heavy atom. The fourth-order valence-electron chi connectivity index (χ4n) is 1.87. The minimum atomic E-state index is -0.440. The molecule has 2 heterocycles. The summed E-state index contributed by atoms with van der Waals surface area (Å²) in [6, 6.07) is 4.43. The van der Waals surface area contributed by atoms with Gasteiger partial charge in [-0.15, -0.1) is 11.3 Å². The zero-order valence-electron chi connectivity index (χ0n) is 10.0. The van der Waals surface area contributed by atoms with Gasteiger partial charge in [0.2, 0.25) is 5.89 Å². The summed E-state index contributed by atoms with van der Waals surface area (Å²) >= 11 is 7.43. The van der Waals surface area contributed by atoms with Crippen LogP contribution in [0.3, 0.4) is 0 Å². The molecule has 0 amide bonds. The van der Waals surface area contributed by atoms with Crippen LogP contribution in [0.25, 0.3) is 22.6 Å². The van der Waals surface area contributed by atoms with Crippen molar-refractivity contribution in [2.45, 2.75) is 13.3 Å². The highest BCUT2D eigenvalue weighted by atomic mass is 35.5. The van der Waals surface area contributed by atoms with Gasteiger partial charge in [-0.25, -0.2) is 9.37 Å². The first-order valence-corrected chi connectivity index (χ1v) is 6.92. The molecule has 2 N–H and O–H groups in total. The molecule has 0 unspecified atom stereocenters. The Balaban J connectivity index is 2.20. The lowest BCUT2D eigenvalue weighted by molar-refractivity contribution is 0.614. The van der Waals surface area contributed by atoms with Crippen LogP contribution in [-0.2, 0) is 6.42 Å². The third kappa shape index (κ3) is 2.09. The number of aromatic nitrogens is 1. The predicted molar refractivity (Wildman–Crippen MR) is 76.1 cm³/mol. The van der Waals surface area contributed by atoms with Crippen LogP contribution >= 0.6 is 22.9 Å². The smallest absolute Gasteiger partial charge is 0.230 e. The third-order valence-electron chi connectivity index (χ3n) is 2.80. The van der Waals surface area contributed by atoms with E-state index in [1.807, 2.05) is 13.0 Å². The van der Waals surface area contributed by atoms with Gasteiger partial charge in [-0.2, -0.15) is 0 Å². The van der Waals surface area contributed by atoms with Crippen molar-refractivity contribution in [1.29, 1.82) is 0 Å². The van der Waals surface area contributed by atoms with Gasteiger partial charge in [0.1, 0.15) is 11.3 Å². The minimum absolute atomic E-state index is 0.207. The van der Waals surface area contributed by atoms with E-state index in [1.165, 1.54) is 23.5 Å². The van der Waals surface area contributed by atoms with Gasteiger partial charge < -0.3 is 10.2 Å². The van der Waals surface area contributed by atoms with E-state index in [9.17, 15) is 4.39 Å². The number of nitrogen functional groups attached to an aromatic ring is 1. The number of nitrogens with two attached hydrogens (primary N) is 1. The zero-order valence-corrected chi connectivity index (χ0v) is 11.6. The van der Waals surface area contributed by atoms with Gasteiger partial charge >= 0.3 is 0 Å². The fourth-order valence-corrected chi connectivity index (χ4v) is 2.97. The van der Waals surface area contributed by atoms with Crippen LogP contribution in [-0.4, -0.2) is 4.98 Å².